The number of imidazole rings is 1. The zero-order valence-corrected chi connectivity index (χ0v) is 12.0. The number of anilines is 1. The zero-order valence-electron chi connectivity index (χ0n) is 11.2. The first-order valence-corrected chi connectivity index (χ1v) is 7.25. The van der Waals surface area contributed by atoms with Gasteiger partial charge in [-0.15, -0.1) is 11.3 Å². The summed E-state index contributed by atoms with van der Waals surface area (Å²) >= 11 is 1.68. The second-order valence-corrected chi connectivity index (χ2v) is 5.53. The standard InChI is InChI=1S/C13H20N4S/c1-4-5-6-17-8-10(2)15-13(17)14-7-12-9-18-11(3)16-12/h8-9H,4-7H2,1-3H3,(H,14,15). The third-order valence-corrected chi connectivity index (χ3v) is 3.57. The number of nitrogens with zero attached hydrogens (tertiary/aromatic N) is 3. The summed E-state index contributed by atoms with van der Waals surface area (Å²) in [4.78, 5) is 8.96. The van der Waals surface area contributed by atoms with E-state index in [0.717, 1.165) is 35.4 Å². The van der Waals surface area contributed by atoms with E-state index in [0.29, 0.717) is 0 Å². The van der Waals surface area contributed by atoms with Crippen molar-refractivity contribution in [3.8, 4) is 0 Å². The van der Waals surface area contributed by atoms with Gasteiger partial charge in [0, 0.05) is 18.1 Å². The lowest BCUT2D eigenvalue weighted by molar-refractivity contribution is 0.634. The van der Waals surface area contributed by atoms with Crippen LogP contribution in [0.2, 0.25) is 0 Å². The lowest BCUT2D eigenvalue weighted by Crippen LogP contribution is -2.07. The first kappa shape index (κ1) is 13.1. The van der Waals surface area contributed by atoms with Crippen molar-refractivity contribution in [3.05, 3.63) is 28.0 Å². The molecule has 2 aromatic rings. The van der Waals surface area contributed by atoms with E-state index in [1.54, 1.807) is 11.3 Å². The van der Waals surface area contributed by atoms with Gasteiger partial charge in [0.25, 0.3) is 0 Å². The van der Waals surface area contributed by atoms with E-state index in [1.165, 1.54) is 12.8 Å². The van der Waals surface area contributed by atoms with Crippen LogP contribution < -0.4 is 5.32 Å². The number of thiazole rings is 1. The Morgan fingerprint density at radius 3 is 2.83 bits per heavy atom. The average molecular weight is 264 g/mol. The molecule has 0 amide bonds. The number of hydrogen-bond acceptors (Lipinski definition) is 4. The average Bonchev–Trinajstić information content (AvgIpc) is 2.90. The van der Waals surface area contributed by atoms with Gasteiger partial charge >= 0.3 is 0 Å². The van der Waals surface area contributed by atoms with E-state index < -0.39 is 0 Å². The summed E-state index contributed by atoms with van der Waals surface area (Å²) in [7, 11) is 0. The lowest BCUT2D eigenvalue weighted by Gasteiger charge is -2.07. The summed E-state index contributed by atoms with van der Waals surface area (Å²) in [6.45, 7) is 8.03. The van der Waals surface area contributed by atoms with Crippen molar-refractivity contribution in [3.63, 3.8) is 0 Å². The van der Waals surface area contributed by atoms with E-state index >= 15 is 0 Å². The van der Waals surface area contributed by atoms with Gasteiger partial charge in [-0.3, -0.25) is 0 Å². The number of hydrogen-bond donors (Lipinski definition) is 1. The molecule has 0 aromatic carbocycles. The molecule has 1 N–H and O–H groups in total. The van der Waals surface area contributed by atoms with Crippen LogP contribution in [0.1, 0.15) is 36.2 Å². The van der Waals surface area contributed by atoms with Crippen LogP contribution in [0.4, 0.5) is 5.95 Å². The van der Waals surface area contributed by atoms with E-state index in [9.17, 15) is 0 Å². The molecular weight excluding hydrogens is 244 g/mol. The lowest BCUT2D eigenvalue weighted by atomic mass is 10.3. The summed E-state index contributed by atoms with van der Waals surface area (Å²) in [6.07, 6.45) is 4.48. The monoisotopic (exact) mass is 264 g/mol. The zero-order chi connectivity index (χ0) is 13.0. The van der Waals surface area contributed by atoms with E-state index in [-0.39, 0.29) is 0 Å². The molecular formula is C13H20N4S. The fourth-order valence-electron chi connectivity index (χ4n) is 1.85. The van der Waals surface area contributed by atoms with Crippen molar-refractivity contribution in [1.82, 2.24) is 14.5 Å². The Labute approximate surface area is 112 Å². The van der Waals surface area contributed by atoms with E-state index in [1.807, 2.05) is 13.8 Å². The molecule has 0 unspecified atom stereocenters. The van der Waals surface area contributed by atoms with Crippen molar-refractivity contribution in [2.45, 2.75) is 46.7 Å². The molecule has 0 saturated heterocycles. The largest absolute Gasteiger partial charge is 0.350 e. The Morgan fingerprint density at radius 1 is 1.33 bits per heavy atom. The summed E-state index contributed by atoms with van der Waals surface area (Å²) in [6, 6.07) is 0. The highest BCUT2D eigenvalue weighted by Gasteiger charge is 2.05. The van der Waals surface area contributed by atoms with Gasteiger partial charge in [0.1, 0.15) is 0 Å². The Hall–Kier alpha value is -1.36. The van der Waals surface area contributed by atoms with Gasteiger partial charge in [0.2, 0.25) is 5.95 Å². The predicted molar refractivity (Wildman–Crippen MR) is 76.0 cm³/mol. The molecule has 4 nitrogen and oxygen atoms in total. The first-order valence-electron chi connectivity index (χ1n) is 6.37. The van der Waals surface area contributed by atoms with E-state index in [2.05, 4.69) is 38.4 Å². The van der Waals surface area contributed by atoms with Crippen molar-refractivity contribution in [2.75, 3.05) is 5.32 Å². The van der Waals surface area contributed by atoms with Crippen LogP contribution in [0.3, 0.4) is 0 Å². The topological polar surface area (TPSA) is 42.7 Å². The quantitative estimate of drug-likeness (QED) is 0.870. The third kappa shape index (κ3) is 3.32. The highest BCUT2D eigenvalue weighted by atomic mass is 32.1. The third-order valence-electron chi connectivity index (χ3n) is 2.74. The van der Waals surface area contributed by atoms with Crippen molar-refractivity contribution in [1.29, 1.82) is 0 Å². The smallest absolute Gasteiger partial charge is 0.203 e. The van der Waals surface area contributed by atoms with E-state index in [4.69, 9.17) is 0 Å². The molecule has 0 aliphatic heterocycles. The Morgan fingerprint density at radius 2 is 2.17 bits per heavy atom. The molecule has 2 rings (SSSR count). The minimum Gasteiger partial charge on any atom is -0.350 e. The molecule has 98 valence electrons. The molecule has 2 heterocycles. The van der Waals surface area contributed by atoms with Crippen LogP contribution in [0.5, 0.6) is 0 Å². The van der Waals surface area contributed by atoms with Crippen LogP contribution in [-0.4, -0.2) is 14.5 Å². The minimum atomic E-state index is 0.743. The summed E-state index contributed by atoms with van der Waals surface area (Å²) < 4.78 is 2.19. The molecule has 0 bridgehead atoms. The minimum absolute atomic E-state index is 0.743. The van der Waals surface area contributed by atoms with Crippen molar-refractivity contribution >= 4 is 17.3 Å². The SMILES string of the molecule is CCCCn1cc(C)nc1NCc1csc(C)n1. The molecule has 2 aromatic heterocycles. The number of unbranched alkanes of at least 4 members (excludes halogenated alkanes) is 1. The molecule has 0 aliphatic rings. The number of rotatable bonds is 6. The second-order valence-electron chi connectivity index (χ2n) is 4.46. The van der Waals surface area contributed by atoms with Gasteiger partial charge in [-0.25, -0.2) is 9.97 Å². The van der Waals surface area contributed by atoms with Crippen molar-refractivity contribution < 1.29 is 0 Å². The first-order chi connectivity index (χ1) is 8.69. The molecule has 0 saturated carbocycles. The van der Waals surface area contributed by atoms with Gasteiger partial charge < -0.3 is 9.88 Å². The molecule has 0 aliphatic carbocycles. The van der Waals surface area contributed by atoms with Gasteiger partial charge in [-0.1, -0.05) is 13.3 Å². The Kier molecular flexibility index (Phi) is 4.36. The number of aryl methyl sites for hydroxylation is 3. The summed E-state index contributed by atoms with van der Waals surface area (Å²) in [5.74, 6) is 0.951. The number of aromatic nitrogens is 3. The fraction of sp³-hybridized carbons (Fsp3) is 0.538. The van der Waals surface area contributed by atoms with Crippen LogP contribution in [0, 0.1) is 13.8 Å². The Bertz CT molecular complexity index is 501. The summed E-state index contributed by atoms with van der Waals surface area (Å²) in [5, 5.41) is 6.57. The van der Waals surface area contributed by atoms with Gasteiger partial charge in [0.05, 0.1) is 22.9 Å². The molecule has 0 atom stereocenters. The van der Waals surface area contributed by atoms with Crippen LogP contribution in [0.25, 0.3) is 0 Å². The second kappa shape index (κ2) is 6.00. The van der Waals surface area contributed by atoms with Gasteiger partial charge in [-0.2, -0.15) is 0 Å². The van der Waals surface area contributed by atoms with Crippen LogP contribution >= 0.6 is 11.3 Å². The van der Waals surface area contributed by atoms with Gasteiger partial charge in [-0.05, 0) is 20.3 Å². The highest BCUT2D eigenvalue weighted by Crippen LogP contribution is 2.13. The number of nitrogens with one attached hydrogen (secondary N) is 1. The van der Waals surface area contributed by atoms with Crippen molar-refractivity contribution in [2.24, 2.45) is 0 Å². The van der Waals surface area contributed by atoms with Crippen LogP contribution in [0.15, 0.2) is 11.6 Å². The molecule has 5 heteroatoms. The summed E-state index contributed by atoms with van der Waals surface area (Å²) in [5.41, 5.74) is 2.14. The molecule has 0 radical (unpaired) electrons. The predicted octanol–water partition coefficient (Wildman–Crippen LogP) is 3.37. The van der Waals surface area contributed by atoms with Crippen LogP contribution in [-0.2, 0) is 13.1 Å². The van der Waals surface area contributed by atoms with Gasteiger partial charge in [0.15, 0.2) is 0 Å². The molecule has 0 fully saturated rings. The maximum Gasteiger partial charge on any atom is 0.203 e. The fourth-order valence-corrected chi connectivity index (χ4v) is 2.46. The maximum absolute atomic E-state index is 4.51. The maximum atomic E-state index is 4.51. The highest BCUT2D eigenvalue weighted by molar-refractivity contribution is 7.09. The molecule has 0 spiro atoms. The Balaban J connectivity index is 1.99. The normalized spacial score (nSPS) is 10.8. The molecule has 18 heavy (non-hydrogen) atoms.